The number of methoxy groups -OCH3 is 1. The predicted molar refractivity (Wildman–Crippen MR) is 106 cm³/mol. The summed E-state index contributed by atoms with van der Waals surface area (Å²) in [4.78, 5) is 23.8. The van der Waals surface area contributed by atoms with Gasteiger partial charge in [0.1, 0.15) is 0 Å². The first-order valence-electron chi connectivity index (χ1n) is 8.32. The smallest absolute Gasteiger partial charge is 0.310 e. The molecule has 0 aliphatic carbocycles. The zero-order valence-corrected chi connectivity index (χ0v) is 16.9. The van der Waals surface area contributed by atoms with Gasteiger partial charge < -0.3 is 4.74 Å². The van der Waals surface area contributed by atoms with Crippen LogP contribution in [0, 0.1) is 20.8 Å². The fraction of sp³-hybridized carbons (Fsp3) is 0.300. The summed E-state index contributed by atoms with van der Waals surface area (Å²) in [5.41, 5.74) is 4.85. The fourth-order valence-electron chi connectivity index (χ4n) is 3.10. The second kappa shape index (κ2) is 7.92. The molecule has 0 aliphatic heterocycles. The number of anilines is 1. The zero-order chi connectivity index (χ0) is 20.4. The maximum absolute atomic E-state index is 12.0. The van der Waals surface area contributed by atoms with Crippen LogP contribution < -0.4 is 4.72 Å². The van der Waals surface area contributed by atoms with Crippen LogP contribution in [0.4, 0.5) is 5.69 Å². The van der Waals surface area contributed by atoms with Crippen molar-refractivity contribution in [1.29, 1.82) is 0 Å². The first-order chi connectivity index (χ1) is 12.6. The van der Waals surface area contributed by atoms with Crippen LogP contribution in [-0.2, 0) is 26.0 Å². The highest BCUT2D eigenvalue weighted by Crippen LogP contribution is 2.38. The molecule has 1 N–H and O–H groups in total. The SMILES string of the molecule is COC(=O)Cc1c(C)c(NS(C)(=O)=O)c(C=O)c(C)c1-c1ccc(C)cc1. The van der Waals surface area contributed by atoms with E-state index < -0.39 is 16.0 Å². The van der Waals surface area contributed by atoms with Crippen molar-refractivity contribution in [3.63, 3.8) is 0 Å². The second-order valence-electron chi connectivity index (χ2n) is 6.50. The highest BCUT2D eigenvalue weighted by atomic mass is 32.2. The minimum absolute atomic E-state index is 0.0377. The molecule has 2 rings (SSSR count). The van der Waals surface area contributed by atoms with E-state index in [4.69, 9.17) is 4.74 Å². The molecule has 0 aromatic heterocycles. The standard InChI is InChI=1S/C20H23NO5S/c1-12-6-8-15(9-7-12)19-13(2)17(11-22)20(21-27(5,24)25)14(3)16(19)10-18(23)26-4/h6-9,11,21H,10H2,1-5H3. The van der Waals surface area contributed by atoms with Crippen LogP contribution in [0.25, 0.3) is 11.1 Å². The van der Waals surface area contributed by atoms with E-state index in [0.29, 0.717) is 23.0 Å². The number of carbonyl (C=O) groups excluding carboxylic acids is 2. The molecule has 0 fully saturated rings. The van der Waals surface area contributed by atoms with Gasteiger partial charge in [0.2, 0.25) is 10.0 Å². The Bertz CT molecular complexity index is 992. The van der Waals surface area contributed by atoms with Crippen molar-refractivity contribution in [2.75, 3.05) is 18.1 Å². The summed E-state index contributed by atoms with van der Waals surface area (Å²) in [5.74, 6) is -0.449. The van der Waals surface area contributed by atoms with Crippen molar-refractivity contribution in [2.45, 2.75) is 27.2 Å². The number of ether oxygens (including phenoxy) is 1. The van der Waals surface area contributed by atoms with Gasteiger partial charge in [-0.2, -0.15) is 0 Å². The molecular weight excluding hydrogens is 366 g/mol. The molecule has 7 heteroatoms. The Morgan fingerprint density at radius 2 is 1.70 bits per heavy atom. The molecule has 2 aromatic carbocycles. The number of hydrogen-bond acceptors (Lipinski definition) is 5. The molecule has 0 unspecified atom stereocenters. The Morgan fingerprint density at radius 1 is 1.11 bits per heavy atom. The van der Waals surface area contributed by atoms with E-state index in [9.17, 15) is 18.0 Å². The van der Waals surface area contributed by atoms with Gasteiger partial charge in [-0.3, -0.25) is 14.3 Å². The van der Waals surface area contributed by atoms with Crippen LogP contribution in [0.5, 0.6) is 0 Å². The molecule has 0 saturated carbocycles. The van der Waals surface area contributed by atoms with Crippen molar-refractivity contribution in [2.24, 2.45) is 0 Å². The first kappa shape index (κ1) is 20.6. The molecule has 0 heterocycles. The lowest BCUT2D eigenvalue weighted by Gasteiger charge is -2.22. The van der Waals surface area contributed by atoms with Gasteiger partial charge in [-0.15, -0.1) is 0 Å². The second-order valence-corrected chi connectivity index (χ2v) is 8.25. The molecule has 0 spiro atoms. The molecular formula is C20H23NO5S. The summed E-state index contributed by atoms with van der Waals surface area (Å²) >= 11 is 0. The fourth-order valence-corrected chi connectivity index (χ4v) is 3.74. The summed E-state index contributed by atoms with van der Waals surface area (Å²) in [6, 6.07) is 7.71. The zero-order valence-electron chi connectivity index (χ0n) is 16.0. The summed E-state index contributed by atoms with van der Waals surface area (Å²) in [6.07, 6.45) is 1.61. The number of nitrogens with one attached hydrogen (secondary N) is 1. The van der Waals surface area contributed by atoms with E-state index in [1.807, 2.05) is 31.2 Å². The van der Waals surface area contributed by atoms with E-state index in [1.165, 1.54) is 7.11 Å². The number of sulfonamides is 1. The van der Waals surface area contributed by atoms with Gasteiger partial charge >= 0.3 is 5.97 Å². The Hall–Kier alpha value is -2.67. The van der Waals surface area contributed by atoms with Gasteiger partial charge in [-0.1, -0.05) is 29.8 Å². The molecule has 0 saturated heterocycles. The molecule has 6 nitrogen and oxygen atoms in total. The minimum atomic E-state index is -3.61. The third-order valence-electron chi connectivity index (χ3n) is 4.47. The van der Waals surface area contributed by atoms with Crippen LogP contribution in [0.3, 0.4) is 0 Å². The average Bonchev–Trinajstić information content (AvgIpc) is 2.59. The lowest BCUT2D eigenvalue weighted by Crippen LogP contribution is -2.17. The number of carbonyl (C=O) groups is 2. The topological polar surface area (TPSA) is 89.5 Å². The van der Waals surface area contributed by atoms with Crippen LogP contribution in [0.15, 0.2) is 24.3 Å². The van der Waals surface area contributed by atoms with Crippen LogP contribution >= 0.6 is 0 Å². The Morgan fingerprint density at radius 3 is 2.19 bits per heavy atom. The quantitative estimate of drug-likeness (QED) is 0.605. The van der Waals surface area contributed by atoms with Gasteiger partial charge in [-0.05, 0) is 48.6 Å². The highest BCUT2D eigenvalue weighted by molar-refractivity contribution is 7.92. The number of aryl methyl sites for hydroxylation is 1. The highest BCUT2D eigenvalue weighted by Gasteiger charge is 2.23. The van der Waals surface area contributed by atoms with Gasteiger partial charge in [0, 0.05) is 5.56 Å². The largest absolute Gasteiger partial charge is 0.469 e. The van der Waals surface area contributed by atoms with E-state index in [-0.39, 0.29) is 17.7 Å². The minimum Gasteiger partial charge on any atom is -0.469 e. The van der Waals surface area contributed by atoms with Gasteiger partial charge in [0.15, 0.2) is 6.29 Å². The maximum atomic E-state index is 12.0. The van der Waals surface area contributed by atoms with Gasteiger partial charge in [0.25, 0.3) is 0 Å². The normalized spacial score (nSPS) is 11.1. The third-order valence-corrected chi connectivity index (χ3v) is 5.05. The molecule has 0 aliphatic rings. The lowest BCUT2D eigenvalue weighted by atomic mass is 9.86. The molecule has 0 radical (unpaired) electrons. The van der Waals surface area contributed by atoms with E-state index in [2.05, 4.69) is 4.72 Å². The Kier molecular flexibility index (Phi) is 6.05. The molecule has 0 amide bonds. The number of esters is 1. The van der Waals surface area contributed by atoms with E-state index in [1.54, 1.807) is 13.8 Å². The molecule has 0 atom stereocenters. The average molecular weight is 389 g/mol. The monoisotopic (exact) mass is 389 g/mol. The summed E-state index contributed by atoms with van der Waals surface area (Å²) < 4.78 is 30.8. The Labute approximate surface area is 159 Å². The number of benzene rings is 2. The Balaban J connectivity index is 2.88. The number of rotatable bonds is 6. The van der Waals surface area contributed by atoms with Crippen molar-refractivity contribution in [1.82, 2.24) is 0 Å². The molecule has 144 valence electrons. The van der Waals surface area contributed by atoms with E-state index >= 15 is 0 Å². The van der Waals surface area contributed by atoms with Crippen molar-refractivity contribution in [3.8, 4) is 11.1 Å². The number of hydrogen-bond donors (Lipinski definition) is 1. The predicted octanol–water partition coefficient (Wildman–Crippen LogP) is 3.18. The van der Waals surface area contributed by atoms with Gasteiger partial charge in [0.05, 0.1) is 25.5 Å². The summed E-state index contributed by atoms with van der Waals surface area (Å²) in [7, 11) is -2.31. The van der Waals surface area contributed by atoms with Crippen molar-refractivity contribution < 1.29 is 22.7 Å². The van der Waals surface area contributed by atoms with Crippen LogP contribution in [0.2, 0.25) is 0 Å². The van der Waals surface area contributed by atoms with Crippen LogP contribution in [-0.4, -0.2) is 34.0 Å². The molecule has 0 bridgehead atoms. The lowest BCUT2D eigenvalue weighted by molar-refractivity contribution is -0.139. The van der Waals surface area contributed by atoms with E-state index in [0.717, 1.165) is 22.9 Å². The molecule has 27 heavy (non-hydrogen) atoms. The third kappa shape index (κ3) is 4.54. The first-order valence-corrected chi connectivity index (χ1v) is 10.2. The maximum Gasteiger partial charge on any atom is 0.310 e. The van der Waals surface area contributed by atoms with Crippen molar-refractivity contribution >= 4 is 28.0 Å². The molecule has 2 aromatic rings. The summed E-state index contributed by atoms with van der Waals surface area (Å²) in [6.45, 7) is 5.40. The summed E-state index contributed by atoms with van der Waals surface area (Å²) in [5, 5.41) is 0. The van der Waals surface area contributed by atoms with Crippen molar-refractivity contribution in [3.05, 3.63) is 52.1 Å². The van der Waals surface area contributed by atoms with Gasteiger partial charge in [-0.25, -0.2) is 8.42 Å². The van der Waals surface area contributed by atoms with Crippen LogP contribution in [0.1, 0.15) is 32.6 Å². The number of aldehydes is 1.